The zero-order chi connectivity index (χ0) is 14.0. The number of halogens is 3. The van der Waals surface area contributed by atoms with E-state index in [1.165, 1.54) is 6.07 Å². The fourth-order valence-corrected chi connectivity index (χ4v) is 2.69. The molecule has 19 heavy (non-hydrogen) atoms. The monoisotopic (exact) mass is 496 g/mol. The lowest BCUT2D eigenvalue weighted by molar-refractivity contribution is -0.384. The molecule has 0 saturated carbocycles. The van der Waals surface area contributed by atoms with Gasteiger partial charge in [0.05, 0.1) is 10.6 Å². The Morgan fingerprint density at radius 3 is 2.53 bits per heavy atom. The lowest BCUT2D eigenvalue weighted by Gasteiger charge is -2.09. The van der Waals surface area contributed by atoms with Gasteiger partial charge in [0.25, 0.3) is 5.69 Å². The number of rotatable bonds is 3. The van der Waals surface area contributed by atoms with Gasteiger partial charge in [0.1, 0.15) is 5.69 Å². The molecule has 2 aromatic carbocycles. The molecule has 98 valence electrons. The molecule has 2 aromatic rings. The molecule has 1 N–H and O–H groups in total. The summed E-state index contributed by atoms with van der Waals surface area (Å²) in [6, 6.07) is 10.7. The highest BCUT2D eigenvalue weighted by molar-refractivity contribution is 14.1. The zero-order valence-corrected chi connectivity index (χ0v) is 14.7. The number of hydrogen-bond donors (Lipinski definition) is 1. The first-order valence-corrected chi connectivity index (χ1v) is 7.80. The van der Waals surface area contributed by atoms with E-state index in [2.05, 4.69) is 59.8 Å². The number of nitro benzene ring substituents is 1. The predicted molar refractivity (Wildman–Crippen MR) is 90.9 cm³/mol. The van der Waals surface area contributed by atoms with Crippen LogP contribution in [-0.4, -0.2) is 4.92 Å². The highest BCUT2D eigenvalue weighted by atomic mass is 127. The molecule has 0 saturated heterocycles. The number of anilines is 2. The van der Waals surface area contributed by atoms with Crippen molar-refractivity contribution < 1.29 is 4.92 Å². The van der Waals surface area contributed by atoms with Gasteiger partial charge in [-0.05, 0) is 68.9 Å². The van der Waals surface area contributed by atoms with Gasteiger partial charge in [-0.2, -0.15) is 0 Å². The Bertz CT molecular complexity index is 650. The molecule has 0 aliphatic rings. The van der Waals surface area contributed by atoms with E-state index >= 15 is 0 Å². The first-order chi connectivity index (χ1) is 8.97. The smallest absolute Gasteiger partial charge is 0.293 e. The average Bonchev–Trinajstić information content (AvgIpc) is 2.35. The van der Waals surface area contributed by atoms with Gasteiger partial charge in [0, 0.05) is 18.6 Å². The Kier molecular flexibility index (Phi) is 4.80. The summed E-state index contributed by atoms with van der Waals surface area (Å²) in [6.07, 6.45) is 0. The van der Waals surface area contributed by atoms with Crippen LogP contribution in [0.4, 0.5) is 17.1 Å². The molecule has 0 spiro atoms. The summed E-state index contributed by atoms with van der Waals surface area (Å²) in [4.78, 5) is 10.6. The number of nitro groups is 1. The van der Waals surface area contributed by atoms with Crippen LogP contribution < -0.4 is 5.32 Å². The van der Waals surface area contributed by atoms with E-state index in [4.69, 9.17) is 0 Å². The van der Waals surface area contributed by atoms with E-state index in [1.54, 1.807) is 12.1 Å². The summed E-state index contributed by atoms with van der Waals surface area (Å²) in [6.45, 7) is 0. The van der Waals surface area contributed by atoms with Gasteiger partial charge in [0.2, 0.25) is 0 Å². The topological polar surface area (TPSA) is 55.2 Å². The van der Waals surface area contributed by atoms with Crippen molar-refractivity contribution in [1.82, 2.24) is 0 Å². The van der Waals surface area contributed by atoms with Crippen molar-refractivity contribution in [2.24, 2.45) is 0 Å². The average molecular weight is 498 g/mol. The molecule has 0 fully saturated rings. The molecule has 0 aliphatic heterocycles. The van der Waals surface area contributed by atoms with E-state index in [0.29, 0.717) is 10.2 Å². The normalized spacial score (nSPS) is 10.3. The molecule has 0 heterocycles. The Morgan fingerprint density at radius 2 is 1.84 bits per heavy atom. The van der Waals surface area contributed by atoms with Gasteiger partial charge in [-0.25, -0.2) is 0 Å². The first kappa shape index (κ1) is 14.7. The molecule has 0 aromatic heterocycles. The van der Waals surface area contributed by atoms with Crippen molar-refractivity contribution in [3.05, 3.63) is 59.0 Å². The van der Waals surface area contributed by atoms with Gasteiger partial charge in [-0.1, -0.05) is 15.9 Å². The Balaban J connectivity index is 2.43. The summed E-state index contributed by atoms with van der Waals surface area (Å²) in [7, 11) is 0. The van der Waals surface area contributed by atoms with Crippen LogP contribution in [0.3, 0.4) is 0 Å². The van der Waals surface area contributed by atoms with Crippen molar-refractivity contribution in [3.8, 4) is 0 Å². The van der Waals surface area contributed by atoms with Gasteiger partial charge < -0.3 is 5.32 Å². The third-order valence-electron chi connectivity index (χ3n) is 2.35. The molecule has 0 radical (unpaired) electrons. The number of nitrogens with zero attached hydrogens (tertiary/aromatic N) is 1. The van der Waals surface area contributed by atoms with Gasteiger partial charge in [0.15, 0.2) is 0 Å². The van der Waals surface area contributed by atoms with Crippen LogP contribution in [0, 0.1) is 13.7 Å². The minimum absolute atomic E-state index is 0.0279. The van der Waals surface area contributed by atoms with E-state index in [-0.39, 0.29) is 5.69 Å². The zero-order valence-electron chi connectivity index (χ0n) is 9.36. The van der Waals surface area contributed by atoms with E-state index in [9.17, 15) is 10.1 Å². The molecule has 0 amide bonds. The predicted octanol–water partition coefficient (Wildman–Crippen LogP) is 5.47. The van der Waals surface area contributed by atoms with Crippen molar-refractivity contribution in [1.29, 1.82) is 0 Å². The van der Waals surface area contributed by atoms with Crippen molar-refractivity contribution >= 4 is 71.5 Å². The maximum Gasteiger partial charge on any atom is 0.293 e. The van der Waals surface area contributed by atoms with Crippen LogP contribution in [0.2, 0.25) is 0 Å². The second kappa shape index (κ2) is 6.19. The molecule has 4 nitrogen and oxygen atoms in total. The Morgan fingerprint density at radius 1 is 1.11 bits per heavy atom. The summed E-state index contributed by atoms with van der Waals surface area (Å²) in [5.41, 5.74) is 1.27. The molecular formula is C12H7Br2IN2O2. The first-order valence-electron chi connectivity index (χ1n) is 5.13. The van der Waals surface area contributed by atoms with Crippen LogP contribution >= 0.6 is 54.5 Å². The summed E-state index contributed by atoms with van der Waals surface area (Å²) in [5, 5.41) is 14.1. The maximum absolute atomic E-state index is 11.0. The van der Waals surface area contributed by atoms with Gasteiger partial charge in [-0.15, -0.1) is 0 Å². The fourth-order valence-electron chi connectivity index (χ4n) is 1.50. The summed E-state index contributed by atoms with van der Waals surface area (Å²) in [5.74, 6) is 0. The quantitative estimate of drug-likeness (QED) is 0.348. The number of hydrogen-bond acceptors (Lipinski definition) is 3. The number of benzene rings is 2. The second-order valence-electron chi connectivity index (χ2n) is 3.67. The SMILES string of the molecule is O=[N+]([O-])c1cc(Br)ccc1Nc1cc(I)ccc1Br. The van der Waals surface area contributed by atoms with Gasteiger partial charge >= 0.3 is 0 Å². The Hall–Kier alpha value is -0.670. The highest BCUT2D eigenvalue weighted by Crippen LogP contribution is 2.33. The molecule has 7 heteroatoms. The summed E-state index contributed by atoms with van der Waals surface area (Å²) >= 11 is 8.84. The van der Waals surface area contributed by atoms with Crippen molar-refractivity contribution in [2.45, 2.75) is 0 Å². The van der Waals surface area contributed by atoms with E-state index in [0.717, 1.165) is 13.7 Å². The largest absolute Gasteiger partial charge is 0.349 e. The molecule has 0 aliphatic carbocycles. The van der Waals surface area contributed by atoms with Crippen LogP contribution in [-0.2, 0) is 0 Å². The second-order valence-corrected chi connectivity index (χ2v) is 6.68. The molecular weight excluding hydrogens is 491 g/mol. The van der Waals surface area contributed by atoms with Crippen molar-refractivity contribution in [3.63, 3.8) is 0 Å². The minimum Gasteiger partial charge on any atom is -0.349 e. The fraction of sp³-hybridized carbons (Fsp3) is 0. The molecule has 0 atom stereocenters. The van der Waals surface area contributed by atoms with Crippen LogP contribution in [0.5, 0.6) is 0 Å². The standard InChI is InChI=1S/C12H7Br2IN2O2/c13-7-1-4-10(12(5-7)17(18)19)16-11-6-8(15)2-3-9(11)14/h1-6,16H. The molecule has 2 rings (SSSR count). The number of nitrogens with one attached hydrogen (secondary N) is 1. The van der Waals surface area contributed by atoms with Crippen LogP contribution in [0.1, 0.15) is 0 Å². The van der Waals surface area contributed by atoms with E-state index < -0.39 is 4.92 Å². The lowest BCUT2D eigenvalue weighted by Crippen LogP contribution is -1.98. The van der Waals surface area contributed by atoms with E-state index in [1.807, 2.05) is 18.2 Å². The highest BCUT2D eigenvalue weighted by Gasteiger charge is 2.15. The lowest BCUT2D eigenvalue weighted by atomic mass is 10.2. The summed E-state index contributed by atoms with van der Waals surface area (Å²) < 4.78 is 2.57. The molecule has 0 bridgehead atoms. The third kappa shape index (κ3) is 3.67. The van der Waals surface area contributed by atoms with Crippen LogP contribution in [0.25, 0.3) is 0 Å². The van der Waals surface area contributed by atoms with Gasteiger partial charge in [-0.3, -0.25) is 10.1 Å². The maximum atomic E-state index is 11.0. The minimum atomic E-state index is -0.408. The third-order valence-corrected chi connectivity index (χ3v) is 4.21. The molecule has 0 unspecified atom stereocenters. The van der Waals surface area contributed by atoms with Crippen LogP contribution in [0.15, 0.2) is 45.3 Å². The van der Waals surface area contributed by atoms with Crippen molar-refractivity contribution in [2.75, 3.05) is 5.32 Å². The Labute approximate surface area is 140 Å².